The smallest absolute Gasteiger partial charge is 0.333 e. The minimum absolute atomic E-state index is 0.0339. The van der Waals surface area contributed by atoms with E-state index in [4.69, 9.17) is 14.2 Å². The first kappa shape index (κ1) is 29.7. The van der Waals surface area contributed by atoms with Gasteiger partial charge in [-0.2, -0.15) is 13.9 Å². The molecule has 5 rings (SSSR count). The molecule has 2 N–H and O–H groups in total. The van der Waals surface area contributed by atoms with Crippen LogP contribution in [0.3, 0.4) is 0 Å². The summed E-state index contributed by atoms with van der Waals surface area (Å²) < 4.78 is 58.1. The number of nitrogens with one attached hydrogen (secondary N) is 2. The number of alkyl halides is 2. The van der Waals surface area contributed by atoms with Gasteiger partial charge in [0, 0.05) is 44.7 Å². The van der Waals surface area contributed by atoms with E-state index in [1.54, 1.807) is 24.3 Å². The number of rotatable bonds is 3. The molecule has 1 fully saturated rings. The van der Waals surface area contributed by atoms with E-state index in [1.807, 2.05) is 0 Å². The van der Waals surface area contributed by atoms with Gasteiger partial charge in [0.25, 0.3) is 11.8 Å². The fraction of sp³-hybridized carbons (Fsp3) is 0.379. The van der Waals surface area contributed by atoms with Gasteiger partial charge in [0.05, 0.1) is 13.2 Å². The highest BCUT2D eigenvalue weighted by Crippen LogP contribution is 2.29. The molecule has 43 heavy (non-hydrogen) atoms. The Balaban J connectivity index is 1.41. The van der Waals surface area contributed by atoms with E-state index < -0.39 is 42.9 Å². The fourth-order valence-corrected chi connectivity index (χ4v) is 5.01. The fourth-order valence-electron chi connectivity index (χ4n) is 5.01. The molecule has 0 unspecified atom stereocenters. The number of benzene rings is 2. The van der Waals surface area contributed by atoms with Gasteiger partial charge in [-0.15, -0.1) is 0 Å². The zero-order valence-electron chi connectivity index (χ0n) is 23.2. The van der Waals surface area contributed by atoms with Crippen LogP contribution in [0, 0.1) is 5.82 Å². The lowest BCUT2D eigenvalue weighted by Gasteiger charge is -2.38. The lowest BCUT2D eigenvalue weighted by Crippen LogP contribution is -2.58. The number of carbonyl (C=O) groups excluding carboxylic acids is 3. The standard InChI is InChI=1S/C29H30F3N5O6/c1-41-24-4-2-17-3-5-26(38)33-14-18-10-19(30)13-20(11-18)43-23-7-8-36(28(40)21-6-9-37(35-21)29(31)32)15-22(23)34-27(39)16-42-25(24)12-17/h2,4,6,9-13,22-23,29H,3,5,7-8,14-16H2,1H3,(H,33,38)(H,34,39)/t22-,23-/m1/s1. The predicted octanol–water partition coefficient (Wildman–Crippen LogP) is 2.85. The first-order valence-electron chi connectivity index (χ1n) is 13.6. The average Bonchev–Trinajstić information content (AvgIpc) is 3.49. The number of aromatic nitrogens is 2. The SMILES string of the molecule is COc1ccc2cc1OCC(=O)N[C@@H]1CN(C(=O)c3ccn(C(F)F)n3)CC[C@H]1Oc1cc(F)cc(c1)CNC(=O)CC2. The van der Waals surface area contributed by atoms with Crippen LogP contribution in [0.2, 0.25) is 0 Å². The van der Waals surface area contributed by atoms with E-state index in [9.17, 15) is 27.6 Å². The van der Waals surface area contributed by atoms with Gasteiger partial charge in [-0.25, -0.2) is 9.07 Å². The topological polar surface area (TPSA) is 124 Å². The number of ether oxygens (including phenoxy) is 3. The minimum Gasteiger partial charge on any atom is -0.493 e. The molecule has 3 amide bonds. The van der Waals surface area contributed by atoms with Crippen molar-refractivity contribution in [3.63, 3.8) is 0 Å². The molecule has 1 saturated heterocycles. The quantitative estimate of drug-likeness (QED) is 0.473. The Labute approximate surface area is 244 Å². The molecule has 0 radical (unpaired) electrons. The van der Waals surface area contributed by atoms with Gasteiger partial charge < -0.3 is 29.7 Å². The summed E-state index contributed by atoms with van der Waals surface area (Å²) in [6.45, 7) is -3.10. The van der Waals surface area contributed by atoms with E-state index in [2.05, 4.69) is 15.7 Å². The van der Waals surface area contributed by atoms with Crippen LogP contribution < -0.4 is 24.8 Å². The monoisotopic (exact) mass is 601 g/mol. The van der Waals surface area contributed by atoms with Crippen molar-refractivity contribution in [1.82, 2.24) is 25.3 Å². The number of piperidine rings is 1. The molecule has 0 spiro atoms. The molecule has 14 heteroatoms. The lowest BCUT2D eigenvalue weighted by atomic mass is 10.0. The van der Waals surface area contributed by atoms with E-state index in [1.165, 1.54) is 30.2 Å². The third kappa shape index (κ3) is 7.37. The van der Waals surface area contributed by atoms with Crippen LogP contribution in [-0.4, -0.2) is 71.4 Å². The number of fused-ring (bicyclic) bond motifs is 5. The van der Waals surface area contributed by atoms with Gasteiger partial charge in [0.15, 0.2) is 23.8 Å². The van der Waals surface area contributed by atoms with Gasteiger partial charge >= 0.3 is 6.55 Å². The minimum atomic E-state index is -2.90. The van der Waals surface area contributed by atoms with Crippen LogP contribution >= 0.6 is 0 Å². The molecule has 0 aliphatic carbocycles. The summed E-state index contributed by atoms with van der Waals surface area (Å²) in [6.07, 6.45) is 1.11. The molecule has 2 aliphatic heterocycles. The molecule has 228 valence electrons. The number of halogens is 3. The second kappa shape index (κ2) is 13.0. The molecular weight excluding hydrogens is 571 g/mol. The van der Waals surface area contributed by atoms with E-state index in [-0.39, 0.29) is 49.8 Å². The van der Waals surface area contributed by atoms with E-state index >= 15 is 0 Å². The van der Waals surface area contributed by atoms with Crippen molar-refractivity contribution in [1.29, 1.82) is 0 Å². The van der Waals surface area contributed by atoms with Crippen molar-refractivity contribution in [2.45, 2.75) is 44.5 Å². The maximum Gasteiger partial charge on any atom is 0.333 e. The van der Waals surface area contributed by atoms with Crippen LogP contribution in [0.4, 0.5) is 13.2 Å². The Kier molecular flexibility index (Phi) is 9.02. The Morgan fingerprint density at radius 3 is 2.70 bits per heavy atom. The number of likely N-dealkylation sites (tertiary alicyclic amines) is 1. The van der Waals surface area contributed by atoms with Crippen LogP contribution in [0.5, 0.6) is 17.2 Å². The van der Waals surface area contributed by atoms with Crippen LogP contribution in [-0.2, 0) is 22.6 Å². The second-order valence-corrected chi connectivity index (χ2v) is 10.2. The number of amides is 3. The van der Waals surface area contributed by atoms with Crippen LogP contribution in [0.25, 0.3) is 0 Å². The highest BCUT2D eigenvalue weighted by atomic mass is 19.3. The highest BCUT2D eigenvalue weighted by Gasteiger charge is 2.35. The highest BCUT2D eigenvalue weighted by molar-refractivity contribution is 5.92. The average molecular weight is 602 g/mol. The Hall–Kier alpha value is -4.75. The maximum absolute atomic E-state index is 14.5. The molecule has 2 aliphatic rings. The Morgan fingerprint density at radius 2 is 1.93 bits per heavy atom. The van der Waals surface area contributed by atoms with Gasteiger partial charge in [0.1, 0.15) is 17.7 Å². The largest absolute Gasteiger partial charge is 0.493 e. The van der Waals surface area contributed by atoms with E-state index in [0.717, 1.165) is 11.8 Å². The van der Waals surface area contributed by atoms with Gasteiger partial charge in [-0.05, 0) is 47.9 Å². The Morgan fingerprint density at radius 1 is 1.09 bits per heavy atom. The number of methoxy groups -OCH3 is 1. The zero-order chi connectivity index (χ0) is 30.5. The Bertz CT molecular complexity index is 1500. The summed E-state index contributed by atoms with van der Waals surface area (Å²) in [5.74, 6) is -1.03. The van der Waals surface area contributed by atoms with Crippen molar-refractivity contribution in [3.8, 4) is 17.2 Å². The second-order valence-electron chi connectivity index (χ2n) is 10.2. The van der Waals surface area contributed by atoms with Crippen LogP contribution in [0.15, 0.2) is 48.7 Å². The van der Waals surface area contributed by atoms with Crippen molar-refractivity contribution >= 4 is 17.7 Å². The molecule has 4 bridgehead atoms. The number of carbonyl (C=O) groups is 3. The summed E-state index contributed by atoms with van der Waals surface area (Å²) in [4.78, 5) is 40.1. The summed E-state index contributed by atoms with van der Waals surface area (Å²) in [6, 6.07) is 9.65. The first-order chi connectivity index (χ1) is 20.7. The lowest BCUT2D eigenvalue weighted by molar-refractivity contribution is -0.125. The molecule has 3 aromatic rings. The molecule has 0 saturated carbocycles. The molecule has 2 aromatic carbocycles. The summed E-state index contributed by atoms with van der Waals surface area (Å²) in [5.41, 5.74) is 1.09. The number of nitrogens with zero attached hydrogens (tertiary/aromatic N) is 3. The summed E-state index contributed by atoms with van der Waals surface area (Å²) in [7, 11) is 1.46. The first-order valence-corrected chi connectivity index (χ1v) is 13.6. The third-order valence-corrected chi connectivity index (χ3v) is 7.15. The zero-order valence-corrected chi connectivity index (χ0v) is 23.2. The van der Waals surface area contributed by atoms with Gasteiger partial charge in [-0.3, -0.25) is 14.4 Å². The van der Waals surface area contributed by atoms with Crippen LogP contribution in [0.1, 0.15) is 41.0 Å². The van der Waals surface area contributed by atoms with Gasteiger partial charge in [0.2, 0.25) is 5.91 Å². The molecular formula is C29H30F3N5O6. The van der Waals surface area contributed by atoms with Crippen molar-refractivity contribution in [3.05, 3.63) is 71.3 Å². The number of hydrogen-bond donors (Lipinski definition) is 2. The maximum atomic E-state index is 14.5. The van der Waals surface area contributed by atoms with E-state index in [0.29, 0.717) is 28.2 Å². The normalized spacial score (nSPS) is 19.6. The van der Waals surface area contributed by atoms with Crippen molar-refractivity contribution in [2.24, 2.45) is 0 Å². The number of hydrogen-bond acceptors (Lipinski definition) is 7. The number of aryl methyl sites for hydroxylation is 1. The summed E-state index contributed by atoms with van der Waals surface area (Å²) >= 11 is 0. The van der Waals surface area contributed by atoms with Crippen molar-refractivity contribution in [2.75, 3.05) is 26.8 Å². The molecule has 11 nitrogen and oxygen atoms in total. The molecule has 2 atom stereocenters. The summed E-state index contributed by atoms with van der Waals surface area (Å²) in [5, 5.41) is 9.27. The molecule has 3 heterocycles. The third-order valence-electron chi connectivity index (χ3n) is 7.15. The van der Waals surface area contributed by atoms with Gasteiger partial charge in [-0.1, -0.05) is 6.07 Å². The predicted molar refractivity (Wildman–Crippen MR) is 145 cm³/mol. The molecule has 1 aromatic heterocycles. The van der Waals surface area contributed by atoms with Crippen molar-refractivity contribution < 1.29 is 41.8 Å².